The van der Waals surface area contributed by atoms with E-state index in [0.717, 1.165) is 32.6 Å². The molecule has 23 heavy (non-hydrogen) atoms. The first-order valence-corrected chi connectivity index (χ1v) is 8.92. The minimum atomic E-state index is 0.141. The summed E-state index contributed by atoms with van der Waals surface area (Å²) in [6.07, 6.45) is 6.69. The van der Waals surface area contributed by atoms with Crippen molar-refractivity contribution >= 4 is 0 Å². The van der Waals surface area contributed by atoms with Crippen LogP contribution in [0.25, 0.3) is 0 Å². The van der Waals surface area contributed by atoms with Gasteiger partial charge in [0.05, 0.1) is 6.61 Å². The lowest BCUT2D eigenvalue weighted by molar-refractivity contribution is 0.120. The van der Waals surface area contributed by atoms with Crippen LogP contribution in [-0.2, 0) is 4.74 Å². The largest absolute Gasteiger partial charge is 0.508 e. The third kappa shape index (κ3) is 4.25. The minimum absolute atomic E-state index is 0.141. The molecule has 1 unspecified atom stereocenters. The number of hydrogen-bond acceptors (Lipinski definition) is 4. The van der Waals surface area contributed by atoms with Gasteiger partial charge in [-0.1, -0.05) is 12.1 Å². The maximum atomic E-state index is 9.40. The Bertz CT molecular complexity index is 474. The Labute approximate surface area is 138 Å². The number of rotatable bonds is 6. The Morgan fingerprint density at radius 1 is 1.13 bits per heavy atom. The predicted molar refractivity (Wildman–Crippen MR) is 90.7 cm³/mol. The monoisotopic (exact) mass is 319 g/mol. The van der Waals surface area contributed by atoms with E-state index in [2.05, 4.69) is 17.4 Å². The Morgan fingerprint density at radius 3 is 2.48 bits per heavy atom. The normalized spacial score (nSPS) is 31.3. The number of hydrogen-bond donors (Lipinski definition) is 3. The van der Waals surface area contributed by atoms with Gasteiger partial charge >= 0.3 is 0 Å². The van der Waals surface area contributed by atoms with Crippen molar-refractivity contribution in [3.63, 3.8) is 0 Å². The second-order valence-corrected chi connectivity index (χ2v) is 7.30. The zero-order chi connectivity index (χ0) is 16.1. The van der Waals surface area contributed by atoms with Gasteiger partial charge in [-0.25, -0.2) is 0 Å². The Morgan fingerprint density at radius 2 is 1.87 bits per heavy atom. The molecule has 1 heterocycles. The molecule has 4 nitrogen and oxygen atoms in total. The summed E-state index contributed by atoms with van der Waals surface area (Å²) in [4.78, 5) is 0. The molecule has 1 aromatic carbocycles. The van der Waals surface area contributed by atoms with Crippen LogP contribution < -0.4 is 5.32 Å². The predicted octanol–water partition coefficient (Wildman–Crippen LogP) is 2.80. The molecule has 4 heteroatoms. The van der Waals surface area contributed by atoms with Crippen LogP contribution in [0.15, 0.2) is 24.3 Å². The van der Waals surface area contributed by atoms with E-state index in [9.17, 15) is 10.2 Å². The van der Waals surface area contributed by atoms with Gasteiger partial charge in [-0.3, -0.25) is 0 Å². The smallest absolute Gasteiger partial charge is 0.115 e. The highest BCUT2D eigenvalue weighted by atomic mass is 16.5. The number of nitrogens with one attached hydrogen (secondary N) is 1. The van der Waals surface area contributed by atoms with Crippen LogP contribution in [0.5, 0.6) is 5.75 Å². The van der Waals surface area contributed by atoms with Crippen LogP contribution in [-0.4, -0.2) is 42.6 Å². The van der Waals surface area contributed by atoms with Gasteiger partial charge in [0, 0.05) is 31.2 Å². The second kappa shape index (κ2) is 7.65. The number of phenols is 1. The molecule has 3 N–H and O–H groups in total. The summed E-state index contributed by atoms with van der Waals surface area (Å²) in [6.45, 7) is 2.82. The molecule has 1 saturated carbocycles. The number of phenolic OH excluding ortho intramolecular Hbond substituents is 1. The van der Waals surface area contributed by atoms with E-state index in [1.54, 1.807) is 12.1 Å². The number of aromatic hydroxyl groups is 1. The van der Waals surface area contributed by atoms with Crippen molar-refractivity contribution in [2.75, 3.05) is 26.4 Å². The first-order chi connectivity index (χ1) is 11.2. The summed E-state index contributed by atoms with van der Waals surface area (Å²) >= 11 is 0. The highest BCUT2D eigenvalue weighted by Crippen LogP contribution is 2.35. The van der Waals surface area contributed by atoms with Gasteiger partial charge in [0.15, 0.2) is 0 Å². The average Bonchev–Trinajstić information content (AvgIpc) is 3.04. The SMILES string of the molecule is OCCC1(CNC2CCC(c3ccc(O)cc3)CC2)CCOC1. The highest BCUT2D eigenvalue weighted by molar-refractivity contribution is 5.28. The van der Waals surface area contributed by atoms with E-state index in [1.807, 2.05) is 0 Å². The van der Waals surface area contributed by atoms with Gasteiger partial charge in [0.25, 0.3) is 0 Å². The first kappa shape index (κ1) is 16.7. The van der Waals surface area contributed by atoms with E-state index in [0.29, 0.717) is 17.7 Å². The zero-order valence-electron chi connectivity index (χ0n) is 13.8. The fraction of sp³-hybridized carbons (Fsp3) is 0.684. The van der Waals surface area contributed by atoms with E-state index in [1.165, 1.54) is 31.2 Å². The number of ether oxygens (including phenoxy) is 1. The van der Waals surface area contributed by atoms with Crippen molar-refractivity contribution in [3.05, 3.63) is 29.8 Å². The molecule has 1 atom stereocenters. The molecule has 128 valence electrons. The van der Waals surface area contributed by atoms with Crippen LogP contribution >= 0.6 is 0 Å². The first-order valence-electron chi connectivity index (χ1n) is 8.92. The lowest BCUT2D eigenvalue weighted by atomic mass is 9.80. The summed E-state index contributed by atoms with van der Waals surface area (Å²) in [5.74, 6) is 0.965. The van der Waals surface area contributed by atoms with Crippen molar-refractivity contribution in [2.45, 2.75) is 50.5 Å². The van der Waals surface area contributed by atoms with E-state index < -0.39 is 0 Å². The van der Waals surface area contributed by atoms with Crippen molar-refractivity contribution in [3.8, 4) is 5.75 Å². The van der Waals surface area contributed by atoms with Crippen LogP contribution in [0, 0.1) is 5.41 Å². The van der Waals surface area contributed by atoms with Crippen molar-refractivity contribution in [2.24, 2.45) is 5.41 Å². The fourth-order valence-electron chi connectivity index (χ4n) is 4.05. The molecule has 0 bridgehead atoms. The Balaban J connectivity index is 1.46. The lowest BCUT2D eigenvalue weighted by Crippen LogP contribution is -2.42. The maximum Gasteiger partial charge on any atom is 0.115 e. The molecular formula is C19H29NO3. The standard InChI is InChI=1S/C19H29NO3/c21-11-9-19(10-12-23-14-19)13-20-17-5-1-15(2-6-17)16-3-7-18(22)8-4-16/h3-4,7-8,15,17,20-22H,1-2,5-6,9-14H2. The molecule has 2 fully saturated rings. The quantitative estimate of drug-likeness (QED) is 0.754. The summed E-state index contributed by atoms with van der Waals surface area (Å²) in [6, 6.07) is 8.27. The molecule has 0 amide bonds. The van der Waals surface area contributed by atoms with Crippen LogP contribution in [0.4, 0.5) is 0 Å². The van der Waals surface area contributed by atoms with Gasteiger partial charge in [-0.05, 0) is 62.1 Å². The van der Waals surface area contributed by atoms with E-state index in [-0.39, 0.29) is 12.0 Å². The molecular weight excluding hydrogens is 290 g/mol. The summed E-state index contributed by atoms with van der Waals surface area (Å²) in [5.41, 5.74) is 1.49. The van der Waals surface area contributed by atoms with Crippen LogP contribution in [0.2, 0.25) is 0 Å². The Kier molecular flexibility index (Phi) is 5.57. The lowest BCUT2D eigenvalue weighted by Gasteiger charge is -2.33. The summed E-state index contributed by atoms with van der Waals surface area (Å²) < 4.78 is 5.57. The summed E-state index contributed by atoms with van der Waals surface area (Å²) in [7, 11) is 0. The topological polar surface area (TPSA) is 61.7 Å². The number of aliphatic hydroxyl groups is 1. The maximum absolute atomic E-state index is 9.40. The van der Waals surface area contributed by atoms with Gasteiger partial charge in [-0.2, -0.15) is 0 Å². The molecule has 1 aliphatic carbocycles. The molecule has 2 aliphatic rings. The van der Waals surface area contributed by atoms with E-state index in [4.69, 9.17) is 4.74 Å². The third-order valence-electron chi connectivity index (χ3n) is 5.68. The van der Waals surface area contributed by atoms with Crippen LogP contribution in [0.1, 0.15) is 50.0 Å². The zero-order valence-corrected chi connectivity index (χ0v) is 13.8. The molecule has 0 radical (unpaired) electrons. The van der Waals surface area contributed by atoms with Crippen LogP contribution in [0.3, 0.4) is 0 Å². The molecule has 1 aliphatic heterocycles. The van der Waals surface area contributed by atoms with Gasteiger partial charge in [-0.15, -0.1) is 0 Å². The van der Waals surface area contributed by atoms with Gasteiger partial charge < -0.3 is 20.3 Å². The molecule has 0 spiro atoms. The molecule has 0 aromatic heterocycles. The number of aliphatic hydroxyl groups excluding tert-OH is 1. The van der Waals surface area contributed by atoms with Gasteiger partial charge in [0.2, 0.25) is 0 Å². The average molecular weight is 319 g/mol. The van der Waals surface area contributed by atoms with E-state index >= 15 is 0 Å². The van der Waals surface area contributed by atoms with Gasteiger partial charge in [0.1, 0.15) is 5.75 Å². The van der Waals surface area contributed by atoms with Crippen molar-refractivity contribution < 1.29 is 14.9 Å². The fourth-order valence-corrected chi connectivity index (χ4v) is 4.05. The number of benzene rings is 1. The summed E-state index contributed by atoms with van der Waals surface area (Å²) in [5, 5.41) is 22.4. The van der Waals surface area contributed by atoms with Crippen molar-refractivity contribution in [1.29, 1.82) is 0 Å². The highest BCUT2D eigenvalue weighted by Gasteiger charge is 2.35. The molecule has 1 saturated heterocycles. The second-order valence-electron chi connectivity index (χ2n) is 7.30. The molecule has 3 rings (SSSR count). The van der Waals surface area contributed by atoms with Crippen molar-refractivity contribution in [1.82, 2.24) is 5.32 Å². The Hall–Kier alpha value is -1.10. The third-order valence-corrected chi connectivity index (χ3v) is 5.68. The molecule has 1 aromatic rings. The minimum Gasteiger partial charge on any atom is -0.508 e.